The van der Waals surface area contributed by atoms with E-state index in [4.69, 9.17) is 5.11 Å². The number of fused-ring (bicyclic) bond motifs is 1. The second-order valence-electron chi connectivity index (χ2n) is 2.99. The van der Waals surface area contributed by atoms with E-state index in [1.54, 1.807) is 30.6 Å². The van der Waals surface area contributed by atoms with Crippen molar-refractivity contribution in [2.45, 2.75) is 0 Å². The first-order chi connectivity index (χ1) is 7.31. The van der Waals surface area contributed by atoms with Gasteiger partial charge in [-0.2, -0.15) is 0 Å². The Morgan fingerprint density at radius 1 is 1.27 bits per heavy atom. The SMILES string of the molecule is OC/C=C(\F)c1ccc2nccnc2c1. The zero-order valence-corrected chi connectivity index (χ0v) is 7.89. The van der Waals surface area contributed by atoms with Crippen LogP contribution < -0.4 is 0 Å². The molecule has 2 rings (SSSR count). The van der Waals surface area contributed by atoms with Gasteiger partial charge in [-0.1, -0.05) is 0 Å². The van der Waals surface area contributed by atoms with Crippen molar-refractivity contribution in [2.75, 3.05) is 6.61 Å². The highest BCUT2D eigenvalue weighted by atomic mass is 19.1. The van der Waals surface area contributed by atoms with Crippen LogP contribution in [0.1, 0.15) is 5.56 Å². The second-order valence-corrected chi connectivity index (χ2v) is 2.99. The number of rotatable bonds is 2. The van der Waals surface area contributed by atoms with Crippen molar-refractivity contribution < 1.29 is 9.50 Å². The molecule has 3 nitrogen and oxygen atoms in total. The van der Waals surface area contributed by atoms with Gasteiger partial charge in [0.15, 0.2) is 0 Å². The Morgan fingerprint density at radius 2 is 2.00 bits per heavy atom. The fourth-order valence-electron chi connectivity index (χ4n) is 1.31. The lowest BCUT2D eigenvalue weighted by Crippen LogP contribution is -1.85. The molecule has 0 fully saturated rings. The Labute approximate surface area is 85.9 Å². The molecule has 2 aromatic rings. The van der Waals surface area contributed by atoms with Crippen LogP contribution >= 0.6 is 0 Å². The van der Waals surface area contributed by atoms with Crippen molar-refractivity contribution in [1.29, 1.82) is 0 Å². The summed E-state index contributed by atoms with van der Waals surface area (Å²) in [6.45, 7) is -0.315. The number of aliphatic hydroxyl groups excluding tert-OH is 1. The molecule has 0 atom stereocenters. The smallest absolute Gasteiger partial charge is 0.128 e. The van der Waals surface area contributed by atoms with Crippen molar-refractivity contribution in [3.8, 4) is 0 Å². The first-order valence-electron chi connectivity index (χ1n) is 4.49. The van der Waals surface area contributed by atoms with Crippen LogP contribution in [0.3, 0.4) is 0 Å². The zero-order chi connectivity index (χ0) is 10.7. The summed E-state index contributed by atoms with van der Waals surface area (Å²) in [5.74, 6) is -0.454. The van der Waals surface area contributed by atoms with Crippen LogP contribution in [0.15, 0.2) is 36.7 Å². The fourth-order valence-corrected chi connectivity index (χ4v) is 1.31. The summed E-state index contributed by atoms with van der Waals surface area (Å²) in [5, 5.41) is 8.57. The van der Waals surface area contributed by atoms with Gasteiger partial charge in [-0.05, 0) is 24.3 Å². The van der Waals surface area contributed by atoms with E-state index in [0.29, 0.717) is 11.1 Å². The molecule has 4 heteroatoms. The first-order valence-corrected chi connectivity index (χ1v) is 4.49. The van der Waals surface area contributed by atoms with E-state index in [-0.39, 0.29) is 6.61 Å². The Morgan fingerprint density at radius 3 is 2.73 bits per heavy atom. The van der Waals surface area contributed by atoms with Crippen molar-refractivity contribution in [3.63, 3.8) is 0 Å². The number of hydrogen-bond donors (Lipinski definition) is 1. The van der Waals surface area contributed by atoms with Gasteiger partial charge in [-0.15, -0.1) is 0 Å². The highest BCUT2D eigenvalue weighted by Gasteiger charge is 2.02. The normalized spacial score (nSPS) is 12.0. The minimum absolute atomic E-state index is 0.315. The molecule has 0 bridgehead atoms. The summed E-state index contributed by atoms with van der Waals surface area (Å²) in [4.78, 5) is 8.14. The molecular weight excluding hydrogens is 195 g/mol. The summed E-state index contributed by atoms with van der Waals surface area (Å²) in [5.41, 5.74) is 1.76. The minimum Gasteiger partial charge on any atom is -0.392 e. The minimum atomic E-state index is -0.454. The van der Waals surface area contributed by atoms with E-state index in [9.17, 15) is 4.39 Å². The Bertz CT molecular complexity index is 511. The van der Waals surface area contributed by atoms with Crippen molar-refractivity contribution >= 4 is 16.9 Å². The second kappa shape index (κ2) is 4.14. The molecule has 0 amide bonds. The van der Waals surface area contributed by atoms with Crippen LogP contribution in [0.5, 0.6) is 0 Å². The molecule has 1 aromatic carbocycles. The van der Waals surface area contributed by atoms with Crippen LogP contribution in [0, 0.1) is 0 Å². The van der Waals surface area contributed by atoms with Crippen LogP contribution in [0.2, 0.25) is 0 Å². The predicted molar refractivity (Wildman–Crippen MR) is 55.7 cm³/mol. The third kappa shape index (κ3) is 1.99. The molecule has 0 aliphatic rings. The Kier molecular flexibility index (Phi) is 2.69. The third-order valence-corrected chi connectivity index (χ3v) is 2.02. The molecule has 0 unspecified atom stereocenters. The molecule has 0 saturated carbocycles. The first kappa shape index (κ1) is 9.73. The predicted octanol–water partition coefficient (Wildman–Crippen LogP) is 1.93. The van der Waals surface area contributed by atoms with Gasteiger partial charge < -0.3 is 5.11 Å². The maximum atomic E-state index is 13.3. The number of halogens is 1. The standard InChI is InChI=1S/C11H9FN2O/c12-9(3-6-15)8-1-2-10-11(7-8)14-5-4-13-10/h1-5,7,15H,6H2/b9-3-. The molecule has 1 N–H and O–H groups in total. The molecular formula is C11H9FN2O. The monoisotopic (exact) mass is 204 g/mol. The molecule has 15 heavy (non-hydrogen) atoms. The van der Waals surface area contributed by atoms with Crippen molar-refractivity contribution in [1.82, 2.24) is 9.97 Å². The number of aromatic nitrogens is 2. The molecule has 0 aliphatic heterocycles. The lowest BCUT2D eigenvalue weighted by Gasteiger charge is -1.99. The van der Waals surface area contributed by atoms with E-state index in [0.717, 1.165) is 11.6 Å². The van der Waals surface area contributed by atoms with E-state index >= 15 is 0 Å². The molecule has 76 valence electrons. The number of aliphatic hydroxyl groups is 1. The molecule has 0 radical (unpaired) electrons. The van der Waals surface area contributed by atoms with Crippen LogP contribution in [-0.4, -0.2) is 21.7 Å². The van der Waals surface area contributed by atoms with E-state index in [1.165, 1.54) is 0 Å². The van der Waals surface area contributed by atoms with Gasteiger partial charge in [-0.25, -0.2) is 4.39 Å². The highest BCUT2D eigenvalue weighted by Crippen LogP contribution is 2.19. The maximum Gasteiger partial charge on any atom is 0.128 e. The average molecular weight is 204 g/mol. The lowest BCUT2D eigenvalue weighted by molar-refractivity contribution is 0.342. The molecule has 0 aliphatic carbocycles. The number of hydrogen-bond acceptors (Lipinski definition) is 3. The fraction of sp³-hybridized carbons (Fsp3) is 0.0909. The summed E-state index contributed by atoms with van der Waals surface area (Å²) in [6.07, 6.45) is 4.25. The van der Waals surface area contributed by atoms with Crippen LogP contribution in [0.4, 0.5) is 4.39 Å². The summed E-state index contributed by atoms with van der Waals surface area (Å²) >= 11 is 0. The quantitative estimate of drug-likeness (QED) is 0.813. The topological polar surface area (TPSA) is 46.0 Å². The van der Waals surface area contributed by atoms with Crippen LogP contribution in [0.25, 0.3) is 16.9 Å². The molecule has 1 aromatic heterocycles. The Balaban J connectivity index is 2.51. The van der Waals surface area contributed by atoms with Gasteiger partial charge >= 0.3 is 0 Å². The summed E-state index contributed by atoms with van der Waals surface area (Å²) in [7, 11) is 0. The average Bonchev–Trinajstić information content (AvgIpc) is 2.29. The maximum absolute atomic E-state index is 13.3. The summed E-state index contributed by atoms with van der Waals surface area (Å²) < 4.78 is 13.3. The largest absolute Gasteiger partial charge is 0.392 e. The molecule has 0 spiro atoms. The van der Waals surface area contributed by atoms with Gasteiger partial charge in [0, 0.05) is 18.0 Å². The van der Waals surface area contributed by atoms with E-state index < -0.39 is 5.83 Å². The van der Waals surface area contributed by atoms with Gasteiger partial charge in [-0.3, -0.25) is 9.97 Å². The lowest BCUT2D eigenvalue weighted by atomic mass is 10.1. The van der Waals surface area contributed by atoms with Crippen molar-refractivity contribution in [3.05, 3.63) is 42.2 Å². The molecule has 1 heterocycles. The van der Waals surface area contributed by atoms with Crippen LogP contribution in [-0.2, 0) is 0 Å². The highest BCUT2D eigenvalue weighted by molar-refractivity contribution is 5.78. The Hall–Kier alpha value is -1.81. The van der Waals surface area contributed by atoms with Gasteiger partial charge in [0.1, 0.15) is 5.83 Å². The zero-order valence-electron chi connectivity index (χ0n) is 7.89. The van der Waals surface area contributed by atoms with E-state index in [1.807, 2.05) is 0 Å². The number of nitrogens with zero attached hydrogens (tertiary/aromatic N) is 2. The molecule has 0 saturated heterocycles. The van der Waals surface area contributed by atoms with Gasteiger partial charge in [0.25, 0.3) is 0 Å². The van der Waals surface area contributed by atoms with Gasteiger partial charge in [0.05, 0.1) is 17.6 Å². The summed E-state index contributed by atoms with van der Waals surface area (Å²) in [6, 6.07) is 4.91. The van der Waals surface area contributed by atoms with E-state index in [2.05, 4.69) is 9.97 Å². The third-order valence-electron chi connectivity index (χ3n) is 2.02. The van der Waals surface area contributed by atoms with Crippen molar-refractivity contribution in [2.24, 2.45) is 0 Å². The number of benzene rings is 1. The van der Waals surface area contributed by atoms with Gasteiger partial charge in [0.2, 0.25) is 0 Å².